The molecular weight excluding hydrogens is 395 g/mol. The molecule has 0 radical (unpaired) electrons. The van der Waals surface area contributed by atoms with E-state index in [0.717, 1.165) is 50.1 Å². The van der Waals surface area contributed by atoms with Crippen LogP contribution in [-0.2, 0) is 6.54 Å². The second-order valence-electron chi connectivity index (χ2n) is 7.65. The van der Waals surface area contributed by atoms with Crippen molar-refractivity contribution in [2.24, 2.45) is 5.92 Å². The molecule has 1 atom stereocenters. The molecule has 0 aromatic heterocycles. The van der Waals surface area contributed by atoms with Crippen molar-refractivity contribution in [3.63, 3.8) is 0 Å². The number of ketones is 1. The summed E-state index contributed by atoms with van der Waals surface area (Å²) in [5, 5.41) is 11.2. The van der Waals surface area contributed by atoms with Gasteiger partial charge in [0.2, 0.25) is 0 Å². The summed E-state index contributed by atoms with van der Waals surface area (Å²) < 4.78 is 0. The monoisotopic (exact) mass is 420 g/mol. The number of nitrogens with zero attached hydrogens (tertiary/aromatic N) is 2. The number of piperidine rings is 1. The Hall–Kier alpha value is -1.43. The van der Waals surface area contributed by atoms with Crippen LogP contribution in [0, 0.1) is 5.92 Å². The molecule has 28 heavy (non-hydrogen) atoms. The number of rotatable bonds is 5. The third-order valence-electron chi connectivity index (χ3n) is 5.79. The molecule has 4 rings (SSSR count). The SMILES string of the molecule is Cl.O=C(CN1CCC(CN2Cc3ccccc3C2O)CC1)c1ccc(Cl)cc1. The highest BCUT2D eigenvalue weighted by atomic mass is 35.5. The van der Waals surface area contributed by atoms with Crippen molar-refractivity contribution in [2.75, 3.05) is 26.2 Å². The van der Waals surface area contributed by atoms with Crippen LogP contribution in [0.25, 0.3) is 0 Å². The number of aliphatic hydroxyl groups is 1. The Labute approximate surface area is 177 Å². The van der Waals surface area contributed by atoms with Gasteiger partial charge in [-0.1, -0.05) is 35.9 Å². The molecule has 150 valence electrons. The van der Waals surface area contributed by atoms with E-state index in [9.17, 15) is 9.90 Å². The van der Waals surface area contributed by atoms with Crippen molar-refractivity contribution in [3.05, 3.63) is 70.2 Å². The summed E-state index contributed by atoms with van der Waals surface area (Å²) in [7, 11) is 0. The highest BCUT2D eigenvalue weighted by Crippen LogP contribution is 2.33. The number of carbonyl (C=O) groups is 1. The fraction of sp³-hybridized carbons (Fsp3) is 0.409. The van der Waals surface area contributed by atoms with E-state index in [2.05, 4.69) is 15.9 Å². The Kier molecular flexibility index (Phi) is 7.13. The minimum atomic E-state index is -0.481. The first-order chi connectivity index (χ1) is 13.1. The lowest BCUT2D eigenvalue weighted by Crippen LogP contribution is -2.40. The minimum absolute atomic E-state index is 0. The Morgan fingerprint density at radius 3 is 2.43 bits per heavy atom. The Morgan fingerprint density at radius 2 is 1.75 bits per heavy atom. The van der Waals surface area contributed by atoms with E-state index in [-0.39, 0.29) is 18.2 Å². The van der Waals surface area contributed by atoms with Crippen molar-refractivity contribution < 1.29 is 9.90 Å². The van der Waals surface area contributed by atoms with Crippen molar-refractivity contribution in [1.82, 2.24) is 9.80 Å². The third kappa shape index (κ3) is 4.76. The van der Waals surface area contributed by atoms with Gasteiger partial charge >= 0.3 is 0 Å². The zero-order valence-corrected chi connectivity index (χ0v) is 17.3. The second kappa shape index (κ2) is 9.38. The molecule has 0 aliphatic carbocycles. The van der Waals surface area contributed by atoms with E-state index in [1.54, 1.807) is 24.3 Å². The molecule has 1 unspecified atom stereocenters. The highest BCUT2D eigenvalue weighted by molar-refractivity contribution is 6.30. The van der Waals surface area contributed by atoms with Crippen LogP contribution in [0.5, 0.6) is 0 Å². The zero-order chi connectivity index (χ0) is 18.8. The van der Waals surface area contributed by atoms with Crippen LogP contribution in [0.4, 0.5) is 0 Å². The molecule has 0 bridgehead atoms. The summed E-state index contributed by atoms with van der Waals surface area (Å²) in [6.45, 7) is 4.06. The van der Waals surface area contributed by atoms with Gasteiger partial charge in [0.25, 0.3) is 0 Å². The van der Waals surface area contributed by atoms with Gasteiger partial charge in [-0.3, -0.25) is 14.6 Å². The van der Waals surface area contributed by atoms with Crippen molar-refractivity contribution in [1.29, 1.82) is 0 Å². The van der Waals surface area contributed by atoms with Crippen LogP contribution in [0.15, 0.2) is 48.5 Å². The predicted octanol–water partition coefficient (Wildman–Crippen LogP) is 4.16. The van der Waals surface area contributed by atoms with Gasteiger partial charge in [0.05, 0.1) is 6.54 Å². The van der Waals surface area contributed by atoms with Gasteiger partial charge in [-0.25, -0.2) is 0 Å². The van der Waals surface area contributed by atoms with Crippen LogP contribution in [0.2, 0.25) is 5.02 Å². The molecule has 2 heterocycles. The van der Waals surface area contributed by atoms with Gasteiger partial charge in [-0.15, -0.1) is 12.4 Å². The Morgan fingerprint density at radius 1 is 1.07 bits per heavy atom. The number of likely N-dealkylation sites (tertiary alicyclic amines) is 1. The number of fused-ring (bicyclic) bond motifs is 1. The normalized spacial score (nSPS) is 20.6. The van der Waals surface area contributed by atoms with Crippen LogP contribution in [-0.4, -0.2) is 46.9 Å². The molecule has 0 saturated carbocycles. The standard InChI is InChI=1S/C22H25ClN2O2.ClH/c23-19-7-5-17(6-8-19)21(26)15-24-11-9-16(10-12-24)13-25-14-18-3-1-2-4-20(18)22(25)27;/h1-8,16,22,27H,9-15H2;1H. The van der Waals surface area contributed by atoms with Gasteiger partial charge in [-0.05, 0) is 67.2 Å². The Bertz CT molecular complexity index is 804. The third-order valence-corrected chi connectivity index (χ3v) is 6.04. The first kappa shape index (κ1) is 21.3. The van der Waals surface area contributed by atoms with E-state index < -0.39 is 6.23 Å². The van der Waals surface area contributed by atoms with Crippen LogP contribution in [0.3, 0.4) is 0 Å². The van der Waals surface area contributed by atoms with Gasteiger partial charge < -0.3 is 5.11 Å². The van der Waals surface area contributed by atoms with Crippen LogP contribution >= 0.6 is 24.0 Å². The molecule has 6 heteroatoms. The number of hydrogen-bond acceptors (Lipinski definition) is 4. The first-order valence-corrected chi connectivity index (χ1v) is 9.99. The smallest absolute Gasteiger partial charge is 0.176 e. The molecule has 2 aliphatic heterocycles. The van der Waals surface area contributed by atoms with Crippen molar-refractivity contribution in [2.45, 2.75) is 25.6 Å². The predicted molar refractivity (Wildman–Crippen MR) is 114 cm³/mol. The molecule has 2 aromatic carbocycles. The number of benzene rings is 2. The highest BCUT2D eigenvalue weighted by Gasteiger charge is 2.31. The topological polar surface area (TPSA) is 43.8 Å². The van der Waals surface area contributed by atoms with Gasteiger partial charge in [0.15, 0.2) is 5.78 Å². The van der Waals surface area contributed by atoms with Crippen LogP contribution in [0.1, 0.15) is 40.6 Å². The second-order valence-corrected chi connectivity index (χ2v) is 8.09. The molecule has 1 fully saturated rings. The van der Waals surface area contributed by atoms with E-state index in [0.29, 0.717) is 17.5 Å². The number of aliphatic hydroxyl groups excluding tert-OH is 1. The molecule has 4 nitrogen and oxygen atoms in total. The maximum Gasteiger partial charge on any atom is 0.176 e. The summed E-state index contributed by atoms with van der Waals surface area (Å²) >= 11 is 5.89. The average Bonchev–Trinajstić information content (AvgIpc) is 3.00. The minimum Gasteiger partial charge on any atom is -0.374 e. The summed E-state index contributed by atoms with van der Waals surface area (Å²) in [4.78, 5) is 16.8. The van der Waals surface area contributed by atoms with Gasteiger partial charge in [0.1, 0.15) is 6.23 Å². The lowest BCUT2D eigenvalue weighted by atomic mass is 9.95. The average molecular weight is 421 g/mol. The Balaban J connectivity index is 0.00000225. The van der Waals surface area contributed by atoms with Gasteiger partial charge in [-0.2, -0.15) is 0 Å². The molecule has 0 amide bonds. The maximum atomic E-state index is 12.4. The maximum absolute atomic E-state index is 12.4. The van der Waals surface area contributed by atoms with E-state index in [1.165, 1.54) is 5.56 Å². The largest absolute Gasteiger partial charge is 0.374 e. The molecule has 2 aromatic rings. The van der Waals surface area contributed by atoms with Gasteiger partial charge in [0, 0.05) is 23.7 Å². The molecule has 1 N–H and O–H groups in total. The molecule has 0 spiro atoms. The zero-order valence-electron chi connectivity index (χ0n) is 15.8. The lowest BCUT2D eigenvalue weighted by Gasteiger charge is -2.34. The summed E-state index contributed by atoms with van der Waals surface area (Å²) in [6, 6.07) is 15.3. The number of carbonyl (C=O) groups excluding carboxylic acids is 1. The first-order valence-electron chi connectivity index (χ1n) is 9.61. The number of halogens is 2. The van der Waals surface area contributed by atoms with E-state index in [1.807, 2.05) is 18.2 Å². The van der Waals surface area contributed by atoms with E-state index in [4.69, 9.17) is 11.6 Å². The van der Waals surface area contributed by atoms with E-state index >= 15 is 0 Å². The number of Topliss-reactive ketones (excluding diaryl/α,β-unsaturated/α-hetero) is 1. The van der Waals surface area contributed by atoms with Crippen LogP contribution < -0.4 is 0 Å². The lowest BCUT2D eigenvalue weighted by molar-refractivity contribution is -0.00352. The van der Waals surface area contributed by atoms with Crippen molar-refractivity contribution >= 4 is 29.8 Å². The molecular formula is C22H26Cl2N2O2. The molecule has 1 saturated heterocycles. The molecule has 2 aliphatic rings. The quantitative estimate of drug-likeness (QED) is 0.737. The summed E-state index contributed by atoms with van der Waals surface area (Å²) in [6.07, 6.45) is 1.65. The van der Waals surface area contributed by atoms with Crippen molar-refractivity contribution in [3.8, 4) is 0 Å². The summed E-state index contributed by atoms with van der Waals surface area (Å²) in [5.41, 5.74) is 3.00. The summed E-state index contributed by atoms with van der Waals surface area (Å²) in [5.74, 6) is 0.714. The fourth-order valence-corrected chi connectivity index (χ4v) is 4.31. The number of hydrogen-bond donors (Lipinski definition) is 1. The fourth-order valence-electron chi connectivity index (χ4n) is 4.19.